The van der Waals surface area contributed by atoms with Crippen LogP contribution in [0.2, 0.25) is 0 Å². The number of hydrogen-bond donors (Lipinski definition) is 2. The Balaban J connectivity index is 1.59. The van der Waals surface area contributed by atoms with E-state index in [4.69, 9.17) is 9.47 Å². The zero-order valence-electron chi connectivity index (χ0n) is 14.1. The van der Waals surface area contributed by atoms with Gasteiger partial charge in [0.1, 0.15) is 6.10 Å². The Morgan fingerprint density at radius 1 is 1.28 bits per heavy atom. The monoisotopic (exact) mass is 342 g/mol. The number of benzene rings is 1. The molecule has 0 bridgehead atoms. The zero-order chi connectivity index (χ0) is 17.5. The normalized spacial score (nSPS) is 20.0. The Bertz CT molecular complexity index is 678. The molecule has 2 heterocycles. The van der Waals surface area contributed by atoms with E-state index in [-0.39, 0.29) is 18.1 Å². The number of rotatable bonds is 6. The van der Waals surface area contributed by atoms with Gasteiger partial charge in [0.15, 0.2) is 0 Å². The Kier molecular flexibility index (Phi) is 5.92. The molecule has 7 heteroatoms. The average Bonchev–Trinajstić information content (AvgIpc) is 2.68. The van der Waals surface area contributed by atoms with Crippen LogP contribution in [0, 0.1) is 0 Å². The van der Waals surface area contributed by atoms with Crippen LogP contribution in [0.25, 0.3) is 0 Å². The van der Waals surface area contributed by atoms with Crippen LogP contribution >= 0.6 is 0 Å². The summed E-state index contributed by atoms with van der Waals surface area (Å²) >= 11 is 0. The highest BCUT2D eigenvalue weighted by Crippen LogP contribution is 2.15. The largest absolute Gasteiger partial charge is 0.379 e. The fourth-order valence-corrected chi connectivity index (χ4v) is 2.64. The Hall–Kier alpha value is -2.51. The second-order valence-electron chi connectivity index (χ2n) is 5.82. The lowest BCUT2D eigenvalue weighted by Gasteiger charge is -2.32. The molecule has 2 N–H and O–H groups in total. The van der Waals surface area contributed by atoms with Crippen LogP contribution in [-0.4, -0.2) is 48.3 Å². The minimum Gasteiger partial charge on any atom is -0.379 e. The van der Waals surface area contributed by atoms with Crippen molar-refractivity contribution in [2.75, 3.05) is 25.6 Å². The molecule has 0 spiro atoms. The summed E-state index contributed by atoms with van der Waals surface area (Å²) in [5.41, 5.74) is 1.52. The number of carbonyl (C=O) groups is 1. The second-order valence-corrected chi connectivity index (χ2v) is 5.82. The highest BCUT2D eigenvalue weighted by Gasteiger charge is 2.28. The molecule has 25 heavy (non-hydrogen) atoms. The SMILES string of the molecule is CNc1ncc(C(=O)N[C@@H]2CCOC[C@H]2OCc2ccccc2)cn1. The molecule has 1 amide bonds. The molecular weight excluding hydrogens is 320 g/mol. The third-order valence-corrected chi connectivity index (χ3v) is 4.07. The van der Waals surface area contributed by atoms with E-state index >= 15 is 0 Å². The number of hydrogen-bond acceptors (Lipinski definition) is 6. The molecule has 7 nitrogen and oxygen atoms in total. The maximum atomic E-state index is 12.4. The van der Waals surface area contributed by atoms with E-state index in [9.17, 15) is 4.79 Å². The molecular formula is C18H22N4O3. The molecule has 0 unspecified atom stereocenters. The third kappa shape index (κ3) is 4.74. The molecule has 0 saturated carbocycles. The number of ether oxygens (including phenoxy) is 2. The van der Waals surface area contributed by atoms with Gasteiger partial charge in [0, 0.05) is 26.0 Å². The predicted octanol–water partition coefficient (Wildman–Crippen LogP) is 1.62. The van der Waals surface area contributed by atoms with Gasteiger partial charge < -0.3 is 20.1 Å². The lowest BCUT2D eigenvalue weighted by Crippen LogP contribution is -2.50. The van der Waals surface area contributed by atoms with Crippen molar-refractivity contribution in [3.8, 4) is 0 Å². The highest BCUT2D eigenvalue weighted by molar-refractivity contribution is 5.93. The van der Waals surface area contributed by atoms with Crippen LogP contribution in [-0.2, 0) is 16.1 Å². The van der Waals surface area contributed by atoms with Gasteiger partial charge in [-0.3, -0.25) is 4.79 Å². The molecule has 3 rings (SSSR count). The smallest absolute Gasteiger partial charge is 0.254 e. The first-order chi connectivity index (χ1) is 12.3. The molecule has 1 aliphatic rings. The highest BCUT2D eigenvalue weighted by atomic mass is 16.5. The van der Waals surface area contributed by atoms with Gasteiger partial charge in [0.2, 0.25) is 5.95 Å². The minimum atomic E-state index is -0.206. The Morgan fingerprint density at radius 2 is 2.04 bits per heavy atom. The maximum Gasteiger partial charge on any atom is 0.254 e. The maximum absolute atomic E-state index is 12.4. The van der Waals surface area contributed by atoms with Gasteiger partial charge in [-0.1, -0.05) is 30.3 Å². The van der Waals surface area contributed by atoms with E-state index in [0.29, 0.717) is 37.8 Å². The van der Waals surface area contributed by atoms with E-state index < -0.39 is 0 Å². The average molecular weight is 342 g/mol. The van der Waals surface area contributed by atoms with Crippen LogP contribution in [0.3, 0.4) is 0 Å². The molecule has 0 radical (unpaired) electrons. The molecule has 132 valence electrons. The quantitative estimate of drug-likeness (QED) is 0.830. The van der Waals surface area contributed by atoms with Crippen molar-refractivity contribution in [1.29, 1.82) is 0 Å². The lowest BCUT2D eigenvalue weighted by molar-refractivity contribution is -0.0736. The number of nitrogens with one attached hydrogen (secondary N) is 2. The van der Waals surface area contributed by atoms with Gasteiger partial charge in [-0.25, -0.2) is 9.97 Å². The van der Waals surface area contributed by atoms with Crippen molar-refractivity contribution in [3.05, 3.63) is 53.9 Å². The van der Waals surface area contributed by atoms with Crippen molar-refractivity contribution in [1.82, 2.24) is 15.3 Å². The number of amides is 1. The van der Waals surface area contributed by atoms with Crippen molar-refractivity contribution in [3.63, 3.8) is 0 Å². The summed E-state index contributed by atoms with van der Waals surface area (Å²) in [4.78, 5) is 20.6. The molecule has 1 fully saturated rings. The molecule has 2 atom stereocenters. The summed E-state index contributed by atoms with van der Waals surface area (Å²) in [6.07, 6.45) is 3.54. The van der Waals surface area contributed by atoms with Gasteiger partial charge >= 0.3 is 0 Å². The van der Waals surface area contributed by atoms with E-state index in [1.165, 1.54) is 12.4 Å². The number of nitrogens with zero attached hydrogens (tertiary/aromatic N) is 2. The summed E-state index contributed by atoms with van der Waals surface area (Å²) in [6.45, 7) is 1.56. The summed E-state index contributed by atoms with van der Waals surface area (Å²) in [7, 11) is 1.73. The van der Waals surface area contributed by atoms with E-state index in [0.717, 1.165) is 5.56 Å². The second kappa shape index (κ2) is 8.55. The van der Waals surface area contributed by atoms with E-state index in [2.05, 4.69) is 20.6 Å². The van der Waals surface area contributed by atoms with Crippen LogP contribution in [0.5, 0.6) is 0 Å². The van der Waals surface area contributed by atoms with Crippen molar-refractivity contribution < 1.29 is 14.3 Å². The third-order valence-electron chi connectivity index (χ3n) is 4.07. The first-order valence-electron chi connectivity index (χ1n) is 8.30. The standard InChI is InChI=1S/C18H22N4O3/c1-19-18-20-9-14(10-21-18)17(23)22-15-7-8-24-12-16(15)25-11-13-5-3-2-4-6-13/h2-6,9-10,15-16H,7-8,11-12H2,1H3,(H,22,23)(H,19,20,21)/t15-,16-/m1/s1. The summed E-state index contributed by atoms with van der Waals surface area (Å²) in [6, 6.07) is 9.84. The molecule has 1 aromatic carbocycles. The molecule has 2 aromatic rings. The van der Waals surface area contributed by atoms with Crippen molar-refractivity contribution in [2.24, 2.45) is 0 Å². The Morgan fingerprint density at radius 3 is 2.76 bits per heavy atom. The van der Waals surface area contributed by atoms with Crippen LogP contribution < -0.4 is 10.6 Å². The number of carbonyl (C=O) groups excluding carboxylic acids is 1. The van der Waals surface area contributed by atoms with Gasteiger partial charge in [-0.2, -0.15) is 0 Å². The molecule has 1 saturated heterocycles. The summed E-state index contributed by atoms with van der Waals surface area (Å²) in [5.74, 6) is 0.273. The molecule has 1 aromatic heterocycles. The van der Waals surface area contributed by atoms with Crippen molar-refractivity contribution >= 4 is 11.9 Å². The van der Waals surface area contributed by atoms with Crippen molar-refractivity contribution in [2.45, 2.75) is 25.2 Å². The minimum absolute atomic E-state index is 0.103. The molecule has 1 aliphatic heterocycles. The lowest BCUT2D eigenvalue weighted by atomic mass is 10.1. The van der Waals surface area contributed by atoms with E-state index in [1.54, 1.807) is 7.05 Å². The van der Waals surface area contributed by atoms with Crippen LogP contribution in [0.15, 0.2) is 42.7 Å². The number of anilines is 1. The van der Waals surface area contributed by atoms with Gasteiger partial charge in [-0.05, 0) is 12.0 Å². The van der Waals surface area contributed by atoms with Crippen LogP contribution in [0.4, 0.5) is 5.95 Å². The summed E-state index contributed by atoms with van der Waals surface area (Å²) < 4.78 is 11.5. The van der Waals surface area contributed by atoms with Gasteiger partial charge in [0.25, 0.3) is 5.91 Å². The Labute approximate surface area is 146 Å². The first kappa shape index (κ1) is 17.3. The fourth-order valence-electron chi connectivity index (χ4n) is 2.64. The summed E-state index contributed by atoms with van der Waals surface area (Å²) in [5, 5.41) is 5.84. The zero-order valence-corrected chi connectivity index (χ0v) is 14.1. The number of aromatic nitrogens is 2. The molecule has 0 aliphatic carbocycles. The van der Waals surface area contributed by atoms with Crippen LogP contribution in [0.1, 0.15) is 22.3 Å². The first-order valence-corrected chi connectivity index (χ1v) is 8.30. The van der Waals surface area contributed by atoms with Gasteiger partial charge in [0.05, 0.1) is 24.8 Å². The topological polar surface area (TPSA) is 85.4 Å². The predicted molar refractivity (Wildman–Crippen MR) is 93.3 cm³/mol. The fraction of sp³-hybridized carbons (Fsp3) is 0.389. The van der Waals surface area contributed by atoms with E-state index in [1.807, 2.05) is 30.3 Å². The van der Waals surface area contributed by atoms with Gasteiger partial charge in [-0.15, -0.1) is 0 Å².